The Kier molecular flexibility index (Phi) is 7.49. The lowest BCUT2D eigenvalue weighted by atomic mass is 9.81. The molecule has 1 saturated heterocycles. The maximum atomic E-state index is 5.76. The molecular formula is C17H36N2O. The van der Waals surface area contributed by atoms with Gasteiger partial charge in [-0.1, -0.05) is 27.7 Å². The first kappa shape index (κ1) is 17.9. The molecule has 1 aliphatic rings. The van der Waals surface area contributed by atoms with Gasteiger partial charge in [-0.2, -0.15) is 0 Å². The third kappa shape index (κ3) is 5.34. The number of hydrogen-bond acceptors (Lipinski definition) is 3. The summed E-state index contributed by atoms with van der Waals surface area (Å²) in [5, 5.41) is 3.69. The number of hydrogen-bond donors (Lipinski definition) is 1. The van der Waals surface area contributed by atoms with Gasteiger partial charge >= 0.3 is 0 Å². The number of ether oxygens (including phenoxy) is 1. The molecule has 1 rings (SSSR count). The van der Waals surface area contributed by atoms with Gasteiger partial charge in [-0.15, -0.1) is 0 Å². The molecule has 0 amide bonds. The number of nitrogens with one attached hydrogen (secondary N) is 1. The van der Waals surface area contributed by atoms with Crippen LogP contribution in [-0.4, -0.2) is 49.8 Å². The van der Waals surface area contributed by atoms with Crippen molar-refractivity contribution in [3.05, 3.63) is 0 Å². The molecule has 0 aromatic rings. The molecule has 3 heteroatoms. The van der Waals surface area contributed by atoms with E-state index in [0.717, 1.165) is 32.2 Å². The summed E-state index contributed by atoms with van der Waals surface area (Å²) in [7, 11) is 0. The first-order valence-electron chi connectivity index (χ1n) is 8.48. The van der Waals surface area contributed by atoms with Gasteiger partial charge in [0.1, 0.15) is 0 Å². The van der Waals surface area contributed by atoms with Crippen LogP contribution >= 0.6 is 0 Å². The molecule has 1 fully saturated rings. The van der Waals surface area contributed by atoms with Crippen molar-refractivity contribution in [1.82, 2.24) is 10.2 Å². The predicted octanol–water partition coefficient (Wildman–Crippen LogP) is 3.15. The van der Waals surface area contributed by atoms with Crippen LogP contribution in [0, 0.1) is 11.3 Å². The van der Waals surface area contributed by atoms with Gasteiger partial charge < -0.3 is 10.1 Å². The van der Waals surface area contributed by atoms with Gasteiger partial charge in [0.05, 0.1) is 12.7 Å². The predicted molar refractivity (Wildman–Crippen MR) is 87.2 cm³/mol. The van der Waals surface area contributed by atoms with Gasteiger partial charge in [0.15, 0.2) is 0 Å². The van der Waals surface area contributed by atoms with Gasteiger partial charge in [-0.25, -0.2) is 0 Å². The standard InChI is InChI=1S/C17H36N2O/c1-7-17(8-2,12-18-9-14(3)4)13-19-10-16(6)20-11-15(19)5/h14-16,18H,7-13H2,1-6H3. The summed E-state index contributed by atoms with van der Waals surface area (Å²) >= 11 is 0. The number of nitrogens with zero attached hydrogens (tertiary/aromatic N) is 1. The zero-order valence-corrected chi connectivity index (χ0v) is 14.5. The van der Waals surface area contributed by atoms with Crippen LogP contribution < -0.4 is 5.32 Å². The summed E-state index contributed by atoms with van der Waals surface area (Å²) < 4.78 is 5.76. The Morgan fingerprint density at radius 3 is 2.45 bits per heavy atom. The molecular weight excluding hydrogens is 248 g/mol. The summed E-state index contributed by atoms with van der Waals surface area (Å²) in [6, 6.07) is 0.550. The van der Waals surface area contributed by atoms with E-state index < -0.39 is 0 Å². The zero-order valence-electron chi connectivity index (χ0n) is 14.5. The van der Waals surface area contributed by atoms with Crippen LogP contribution in [0.1, 0.15) is 54.4 Å². The minimum Gasteiger partial charge on any atom is -0.376 e. The Morgan fingerprint density at radius 2 is 1.90 bits per heavy atom. The Bertz CT molecular complexity index is 264. The maximum Gasteiger partial charge on any atom is 0.0674 e. The van der Waals surface area contributed by atoms with Crippen LogP contribution in [0.5, 0.6) is 0 Å². The van der Waals surface area contributed by atoms with Crippen LogP contribution in [0.4, 0.5) is 0 Å². The van der Waals surface area contributed by atoms with Gasteiger partial charge in [0, 0.05) is 25.7 Å². The Labute approximate surface area is 126 Å². The lowest BCUT2D eigenvalue weighted by molar-refractivity contribution is -0.0640. The molecule has 0 radical (unpaired) electrons. The highest BCUT2D eigenvalue weighted by Crippen LogP contribution is 2.29. The first-order chi connectivity index (χ1) is 9.42. The van der Waals surface area contributed by atoms with Crippen molar-refractivity contribution in [1.29, 1.82) is 0 Å². The molecule has 0 aromatic carbocycles. The summed E-state index contributed by atoms with van der Waals surface area (Å²) in [5.74, 6) is 0.726. The van der Waals surface area contributed by atoms with Crippen molar-refractivity contribution in [3.63, 3.8) is 0 Å². The second kappa shape index (κ2) is 8.35. The van der Waals surface area contributed by atoms with Crippen LogP contribution in [-0.2, 0) is 4.74 Å². The average Bonchev–Trinajstić information content (AvgIpc) is 2.41. The molecule has 1 N–H and O–H groups in total. The lowest BCUT2D eigenvalue weighted by Gasteiger charge is -2.43. The van der Waals surface area contributed by atoms with E-state index in [1.807, 2.05) is 0 Å². The van der Waals surface area contributed by atoms with E-state index in [1.165, 1.54) is 19.4 Å². The quantitative estimate of drug-likeness (QED) is 0.741. The monoisotopic (exact) mass is 284 g/mol. The molecule has 0 saturated carbocycles. The van der Waals surface area contributed by atoms with Crippen molar-refractivity contribution >= 4 is 0 Å². The molecule has 0 spiro atoms. The molecule has 0 aromatic heterocycles. The SMILES string of the molecule is CCC(CC)(CNCC(C)C)CN1CC(C)OCC1C. The summed E-state index contributed by atoms with van der Waals surface area (Å²) in [4.78, 5) is 2.64. The highest BCUT2D eigenvalue weighted by Gasteiger charge is 2.33. The topological polar surface area (TPSA) is 24.5 Å². The molecule has 0 bridgehead atoms. The Morgan fingerprint density at radius 1 is 1.25 bits per heavy atom. The normalized spacial score (nSPS) is 25.4. The van der Waals surface area contributed by atoms with E-state index in [9.17, 15) is 0 Å². The smallest absolute Gasteiger partial charge is 0.0674 e. The van der Waals surface area contributed by atoms with Crippen molar-refractivity contribution < 1.29 is 4.74 Å². The largest absolute Gasteiger partial charge is 0.376 e. The maximum absolute atomic E-state index is 5.76. The second-order valence-electron chi connectivity index (χ2n) is 7.15. The highest BCUT2D eigenvalue weighted by atomic mass is 16.5. The molecule has 1 heterocycles. The minimum absolute atomic E-state index is 0.376. The molecule has 3 nitrogen and oxygen atoms in total. The molecule has 0 aliphatic carbocycles. The van der Waals surface area contributed by atoms with Gasteiger partial charge in [0.25, 0.3) is 0 Å². The average molecular weight is 284 g/mol. The van der Waals surface area contributed by atoms with Crippen molar-refractivity contribution in [2.24, 2.45) is 11.3 Å². The zero-order chi connectivity index (χ0) is 15.2. The van der Waals surface area contributed by atoms with E-state index in [-0.39, 0.29) is 0 Å². The van der Waals surface area contributed by atoms with E-state index >= 15 is 0 Å². The molecule has 20 heavy (non-hydrogen) atoms. The Hall–Kier alpha value is -0.120. The molecule has 1 aliphatic heterocycles. The van der Waals surface area contributed by atoms with E-state index in [1.54, 1.807) is 0 Å². The van der Waals surface area contributed by atoms with Crippen molar-refractivity contribution in [3.8, 4) is 0 Å². The fraction of sp³-hybridized carbons (Fsp3) is 1.00. The third-order valence-electron chi connectivity index (χ3n) is 4.83. The first-order valence-corrected chi connectivity index (χ1v) is 8.48. The van der Waals surface area contributed by atoms with E-state index in [4.69, 9.17) is 4.74 Å². The van der Waals surface area contributed by atoms with E-state index in [0.29, 0.717) is 17.6 Å². The van der Waals surface area contributed by atoms with Crippen LogP contribution in [0.25, 0.3) is 0 Å². The summed E-state index contributed by atoms with van der Waals surface area (Å²) in [6.45, 7) is 19.1. The van der Waals surface area contributed by atoms with Gasteiger partial charge in [-0.05, 0) is 44.6 Å². The van der Waals surface area contributed by atoms with Crippen molar-refractivity contribution in [2.45, 2.75) is 66.5 Å². The van der Waals surface area contributed by atoms with Crippen LogP contribution in [0.15, 0.2) is 0 Å². The molecule has 2 unspecified atom stereocenters. The lowest BCUT2D eigenvalue weighted by Crippen LogP contribution is -2.53. The number of rotatable bonds is 8. The van der Waals surface area contributed by atoms with Crippen LogP contribution in [0.2, 0.25) is 0 Å². The Balaban J connectivity index is 2.59. The third-order valence-corrected chi connectivity index (χ3v) is 4.83. The molecule has 120 valence electrons. The second-order valence-corrected chi connectivity index (χ2v) is 7.15. The molecule has 2 atom stereocenters. The minimum atomic E-state index is 0.376. The van der Waals surface area contributed by atoms with Gasteiger partial charge in [-0.3, -0.25) is 4.90 Å². The van der Waals surface area contributed by atoms with Crippen LogP contribution in [0.3, 0.4) is 0 Å². The van der Waals surface area contributed by atoms with E-state index in [2.05, 4.69) is 51.8 Å². The number of morpholine rings is 1. The highest BCUT2D eigenvalue weighted by molar-refractivity contribution is 4.87. The van der Waals surface area contributed by atoms with Crippen molar-refractivity contribution in [2.75, 3.05) is 32.8 Å². The summed E-state index contributed by atoms with van der Waals surface area (Å²) in [5.41, 5.74) is 0.403. The fourth-order valence-corrected chi connectivity index (χ4v) is 3.03. The summed E-state index contributed by atoms with van der Waals surface area (Å²) in [6.07, 6.45) is 2.86. The van der Waals surface area contributed by atoms with Gasteiger partial charge in [0.2, 0.25) is 0 Å². The fourth-order valence-electron chi connectivity index (χ4n) is 3.03.